The molecule has 0 aliphatic heterocycles. The van der Waals surface area contributed by atoms with Crippen LogP contribution in [0.1, 0.15) is 75.6 Å². The van der Waals surface area contributed by atoms with Crippen molar-refractivity contribution in [2.24, 2.45) is 0 Å². The molecule has 0 saturated heterocycles. The van der Waals surface area contributed by atoms with Crippen molar-refractivity contribution in [2.75, 3.05) is 0 Å². The second kappa shape index (κ2) is 15.9. The van der Waals surface area contributed by atoms with Gasteiger partial charge >= 0.3 is 0 Å². The molecule has 0 aliphatic carbocycles. The standard InChI is InChI=1S/C16H17NO.3C2H6/c1-12-10-15(16(13(2)18)17-11-12)9-8-14-6-4-3-5-7-14;3*1-2/h3-7,10-11H,8-9H2,1-2H3;3*1-2H3. The maximum atomic E-state index is 11.5. The van der Waals surface area contributed by atoms with Gasteiger partial charge < -0.3 is 0 Å². The van der Waals surface area contributed by atoms with Crippen LogP contribution in [-0.2, 0) is 12.8 Å². The SMILES string of the molecule is CC.CC.CC.CC(=O)c1ncc(C)cc1CCc1ccccc1. The third-order valence-electron chi connectivity index (χ3n) is 2.96. The molecule has 2 rings (SSSR count). The summed E-state index contributed by atoms with van der Waals surface area (Å²) >= 11 is 0. The Kier molecular flexibility index (Phi) is 16.1. The van der Waals surface area contributed by atoms with Crippen LogP contribution in [0.4, 0.5) is 0 Å². The summed E-state index contributed by atoms with van der Waals surface area (Å²) in [4.78, 5) is 15.8. The molecule has 0 saturated carbocycles. The first-order chi connectivity index (χ1) is 11.7. The van der Waals surface area contributed by atoms with Crippen LogP contribution >= 0.6 is 0 Å². The van der Waals surface area contributed by atoms with E-state index in [-0.39, 0.29) is 5.78 Å². The van der Waals surface area contributed by atoms with E-state index in [1.54, 1.807) is 13.1 Å². The van der Waals surface area contributed by atoms with Crippen molar-refractivity contribution < 1.29 is 4.79 Å². The van der Waals surface area contributed by atoms with Gasteiger partial charge in [0.25, 0.3) is 0 Å². The van der Waals surface area contributed by atoms with Gasteiger partial charge in [0.05, 0.1) is 0 Å². The highest BCUT2D eigenvalue weighted by Crippen LogP contribution is 2.13. The molecule has 2 aromatic rings. The Bertz CT molecular complexity index is 547. The molecule has 2 heteroatoms. The molecule has 2 nitrogen and oxygen atoms in total. The van der Waals surface area contributed by atoms with Crippen molar-refractivity contribution in [3.8, 4) is 0 Å². The molecule has 0 radical (unpaired) electrons. The van der Waals surface area contributed by atoms with Crippen LogP contribution in [0, 0.1) is 6.92 Å². The highest BCUT2D eigenvalue weighted by molar-refractivity contribution is 5.93. The summed E-state index contributed by atoms with van der Waals surface area (Å²) in [7, 11) is 0. The van der Waals surface area contributed by atoms with Crippen LogP contribution in [0.3, 0.4) is 0 Å². The van der Waals surface area contributed by atoms with Crippen molar-refractivity contribution in [2.45, 2.75) is 68.2 Å². The lowest BCUT2D eigenvalue weighted by Crippen LogP contribution is -2.05. The first-order valence-electron chi connectivity index (χ1n) is 9.17. The normalized spacial score (nSPS) is 8.50. The summed E-state index contributed by atoms with van der Waals surface area (Å²) in [6.45, 7) is 15.6. The number of benzene rings is 1. The largest absolute Gasteiger partial charge is 0.293 e. The van der Waals surface area contributed by atoms with E-state index < -0.39 is 0 Å². The minimum absolute atomic E-state index is 0.0399. The van der Waals surface area contributed by atoms with Crippen molar-refractivity contribution in [3.63, 3.8) is 0 Å². The van der Waals surface area contributed by atoms with Crippen LogP contribution in [0.25, 0.3) is 0 Å². The maximum absolute atomic E-state index is 11.5. The van der Waals surface area contributed by atoms with Gasteiger partial charge in [-0.15, -0.1) is 0 Å². The van der Waals surface area contributed by atoms with Gasteiger partial charge in [-0.25, -0.2) is 0 Å². The summed E-state index contributed by atoms with van der Waals surface area (Å²) < 4.78 is 0. The van der Waals surface area contributed by atoms with Crippen molar-refractivity contribution in [1.82, 2.24) is 4.98 Å². The summed E-state index contributed by atoms with van der Waals surface area (Å²) in [5.41, 5.74) is 4.04. The van der Waals surface area contributed by atoms with Crippen molar-refractivity contribution >= 4 is 5.78 Å². The Morgan fingerprint density at radius 2 is 1.46 bits per heavy atom. The lowest BCUT2D eigenvalue weighted by atomic mass is 10.0. The van der Waals surface area contributed by atoms with Gasteiger partial charge in [0.1, 0.15) is 5.69 Å². The average Bonchev–Trinajstić information content (AvgIpc) is 2.65. The molecule has 0 aliphatic rings. The number of aryl methyl sites for hydroxylation is 3. The fraction of sp³-hybridized carbons (Fsp3) is 0.455. The van der Waals surface area contributed by atoms with Crippen LogP contribution < -0.4 is 0 Å². The molecule has 24 heavy (non-hydrogen) atoms. The monoisotopic (exact) mass is 329 g/mol. The van der Waals surface area contributed by atoms with Gasteiger partial charge in [-0.1, -0.05) is 77.9 Å². The summed E-state index contributed by atoms with van der Waals surface area (Å²) in [5.74, 6) is 0.0399. The molecule has 0 spiro atoms. The van der Waals surface area contributed by atoms with E-state index in [1.807, 2.05) is 66.7 Å². The Labute approximate surface area is 149 Å². The molecule has 1 aromatic heterocycles. The van der Waals surface area contributed by atoms with Gasteiger partial charge in [0, 0.05) is 13.1 Å². The number of hydrogen-bond donors (Lipinski definition) is 0. The van der Waals surface area contributed by atoms with Crippen LogP contribution in [0.5, 0.6) is 0 Å². The zero-order valence-electron chi connectivity index (χ0n) is 16.8. The molecule has 0 atom stereocenters. The fourth-order valence-corrected chi connectivity index (χ4v) is 2.06. The zero-order valence-corrected chi connectivity index (χ0v) is 16.8. The highest BCUT2D eigenvalue weighted by atomic mass is 16.1. The number of Topliss-reactive ketones (excluding diaryl/α,β-unsaturated/α-hetero) is 1. The Hall–Kier alpha value is -1.96. The Morgan fingerprint density at radius 3 is 1.96 bits per heavy atom. The predicted molar refractivity (Wildman–Crippen MR) is 107 cm³/mol. The molecular weight excluding hydrogens is 294 g/mol. The number of pyridine rings is 1. The average molecular weight is 330 g/mol. The van der Waals surface area contributed by atoms with E-state index in [1.165, 1.54) is 5.56 Å². The van der Waals surface area contributed by atoms with E-state index >= 15 is 0 Å². The van der Waals surface area contributed by atoms with E-state index in [4.69, 9.17) is 0 Å². The molecule has 0 N–H and O–H groups in total. The smallest absolute Gasteiger partial charge is 0.178 e. The highest BCUT2D eigenvalue weighted by Gasteiger charge is 2.09. The molecule has 134 valence electrons. The first kappa shape index (κ1) is 24.3. The lowest BCUT2D eigenvalue weighted by molar-refractivity contribution is 0.101. The molecule has 0 unspecified atom stereocenters. The van der Waals surface area contributed by atoms with Crippen LogP contribution in [0.2, 0.25) is 0 Å². The third kappa shape index (κ3) is 9.24. The number of nitrogens with zero attached hydrogens (tertiary/aromatic N) is 1. The topological polar surface area (TPSA) is 30.0 Å². The van der Waals surface area contributed by atoms with E-state index in [2.05, 4.69) is 23.2 Å². The summed E-state index contributed by atoms with van der Waals surface area (Å²) in [5, 5.41) is 0. The number of carbonyl (C=O) groups is 1. The Morgan fingerprint density at radius 1 is 0.917 bits per heavy atom. The molecule has 0 amide bonds. The van der Waals surface area contributed by atoms with Crippen molar-refractivity contribution in [3.05, 3.63) is 65.0 Å². The fourth-order valence-electron chi connectivity index (χ4n) is 2.06. The number of carbonyl (C=O) groups excluding carboxylic acids is 1. The number of hydrogen-bond acceptors (Lipinski definition) is 2. The molecule has 1 aromatic carbocycles. The summed E-state index contributed by atoms with van der Waals surface area (Å²) in [6.07, 6.45) is 3.54. The molecule has 0 bridgehead atoms. The summed E-state index contributed by atoms with van der Waals surface area (Å²) in [6, 6.07) is 12.4. The molecule has 0 fully saturated rings. The lowest BCUT2D eigenvalue weighted by Gasteiger charge is -2.07. The zero-order chi connectivity index (χ0) is 19.0. The van der Waals surface area contributed by atoms with Gasteiger partial charge in [-0.2, -0.15) is 0 Å². The second-order valence-electron chi connectivity index (χ2n) is 4.56. The predicted octanol–water partition coefficient (Wildman–Crippen LogP) is 6.46. The van der Waals surface area contributed by atoms with Gasteiger partial charge in [-0.05, 0) is 36.5 Å². The quantitative estimate of drug-likeness (QED) is 0.603. The van der Waals surface area contributed by atoms with Gasteiger partial charge in [0.15, 0.2) is 5.78 Å². The van der Waals surface area contributed by atoms with Gasteiger partial charge in [0.2, 0.25) is 0 Å². The van der Waals surface area contributed by atoms with Crippen molar-refractivity contribution in [1.29, 1.82) is 0 Å². The maximum Gasteiger partial charge on any atom is 0.178 e. The van der Waals surface area contributed by atoms with E-state index in [0.29, 0.717) is 5.69 Å². The van der Waals surface area contributed by atoms with Crippen LogP contribution in [-0.4, -0.2) is 10.8 Å². The number of rotatable bonds is 4. The molecule has 1 heterocycles. The third-order valence-corrected chi connectivity index (χ3v) is 2.96. The Balaban J connectivity index is 0. The molecular formula is C22H35NO. The van der Waals surface area contributed by atoms with E-state index in [9.17, 15) is 4.79 Å². The first-order valence-corrected chi connectivity index (χ1v) is 9.17. The number of ketones is 1. The second-order valence-corrected chi connectivity index (χ2v) is 4.56. The van der Waals surface area contributed by atoms with Gasteiger partial charge in [-0.3, -0.25) is 9.78 Å². The minimum Gasteiger partial charge on any atom is -0.293 e. The van der Waals surface area contributed by atoms with E-state index in [0.717, 1.165) is 24.0 Å². The van der Waals surface area contributed by atoms with Crippen LogP contribution in [0.15, 0.2) is 42.6 Å². The number of aromatic nitrogens is 1. The minimum atomic E-state index is 0.0399.